The van der Waals surface area contributed by atoms with Gasteiger partial charge in [-0.2, -0.15) is 0 Å². The summed E-state index contributed by atoms with van der Waals surface area (Å²) < 4.78 is 6.03. The van der Waals surface area contributed by atoms with E-state index in [0.717, 1.165) is 27.5 Å². The summed E-state index contributed by atoms with van der Waals surface area (Å²) in [6.07, 6.45) is 1.01. The van der Waals surface area contributed by atoms with Crippen LogP contribution in [0.5, 0.6) is 5.75 Å². The average Bonchev–Trinajstić information content (AvgIpc) is 3.14. The standard InChI is InChI=1S/C37H41N3O4/c1-26(2)20-34-37(43)39(33(36(42)38-3)23-28-16-17-30-13-7-8-14-31(30)21-28)19-18-35(41)40(34)24-29-12-9-15-32(22-29)44-25-27-10-5-4-6-11-27/h4-17,21-22,26,33-34H,18-20,23-25H2,1-3H3,(H,38,42). The topological polar surface area (TPSA) is 79.0 Å². The molecular weight excluding hydrogens is 550 g/mol. The summed E-state index contributed by atoms with van der Waals surface area (Å²) in [5.74, 6) is 0.355. The highest BCUT2D eigenvalue weighted by Gasteiger charge is 2.41. The summed E-state index contributed by atoms with van der Waals surface area (Å²) in [6, 6.07) is 30.4. The number of ether oxygens (including phenoxy) is 1. The van der Waals surface area contributed by atoms with Crippen LogP contribution in [0.15, 0.2) is 97.1 Å². The van der Waals surface area contributed by atoms with Crippen LogP contribution in [0.1, 0.15) is 43.4 Å². The van der Waals surface area contributed by atoms with Gasteiger partial charge in [-0.05, 0) is 51.9 Å². The quantitative estimate of drug-likeness (QED) is 0.241. The van der Waals surface area contributed by atoms with E-state index in [4.69, 9.17) is 4.74 Å². The van der Waals surface area contributed by atoms with Crippen molar-refractivity contribution in [2.45, 2.75) is 58.3 Å². The Morgan fingerprint density at radius 3 is 2.34 bits per heavy atom. The first-order valence-corrected chi connectivity index (χ1v) is 15.4. The molecule has 7 heteroatoms. The van der Waals surface area contributed by atoms with E-state index < -0.39 is 12.1 Å². The van der Waals surface area contributed by atoms with Crippen LogP contribution in [0.25, 0.3) is 10.8 Å². The van der Waals surface area contributed by atoms with E-state index in [1.807, 2.05) is 84.9 Å². The molecule has 0 aliphatic carbocycles. The van der Waals surface area contributed by atoms with Gasteiger partial charge in [-0.15, -0.1) is 0 Å². The number of benzene rings is 4. The zero-order valence-corrected chi connectivity index (χ0v) is 25.7. The van der Waals surface area contributed by atoms with Gasteiger partial charge in [0.1, 0.15) is 24.4 Å². The first kappa shape index (κ1) is 30.8. The van der Waals surface area contributed by atoms with Crippen molar-refractivity contribution in [2.75, 3.05) is 13.6 Å². The highest BCUT2D eigenvalue weighted by molar-refractivity contribution is 5.94. The molecular formula is C37H41N3O4. The van der Waals surface area contributed by atoms with Crippen LogP contribution in [0, 0.1) is 5.92 Å². The number of likely N-dealkylation sites (N-methyl/N-ethyl adjacent to an activating group) is 1. The normalized spacial score (nSPS) is 16.2. The molecule has 0 radical (unpaired) electrons. The van der Waals surface area contributed by atoms with Crippen molar-refractivity contribution < 1.29 is 19.1 Å². The number of carbonyl (C=O) groups excluding carboxylic acids is 3. The fourth-order valence-electron chi connectivity index (χ4n) is 5.92. The molecule has 4 aromatic rings. The summed E-state index contributed by atoms with van der Waals surface area (Å²) in [5, 5.41) is 4.96. The van der Waals surface area contributed by atoms with Crippen molar-refractivity contribution in [3.8, 4) is 5.75 Å². The maximum atomic E-state index is 14.3. The van der Waals surface area contributed by atoms with Crippen molar-refractivity contribution in [3.05, 3.63) is 114 Å². The van der Waals surface area contributed by atoms with Crippen LogP contribution in [-0.2, 0) is 34.0 Å². The molecule has 44 heavy (non-hydrogen) atoms. The van der Waals surface area contributed by atoms with Gasteiger partial charge < -0.3 is 19.9 Å². The van der Waals surface area contributed by atoms with Gasteiger partial charge >= 0.3 is 0 Å². The molecule has 1 N–H and O–H groups in total. The number of fused-ring (bicyclic) bond motifs is 1. The molecule has 7 nitrogen and oxygen atoms in total. The zero-order valence-electron chi connectivity index (χ0n) is 25.7. The van der Waals surface area contributed by atoms with E-state index in [0.29, 0.717) is 25.2 Å². The SMILES string of the molecule is CNC(=O)C(Cc1ccc2ccccc2c1)N1CCC(=O)N(Cc2cccc(OCc3ccccc3)c2)C(CC(C)C)C1=O. The summed E-state index contributed by atoms with van der Waals surface area (Å²) in [5.41, 5.74) is 2.92. The Morgan fingerprint density at radius 2 is 1.59 bits per heavy atom. The Bertz CT molecular complexity index is 1600. The van der Waals surface area contributed by atoms with E-state index in [1.165, 1.54) is 0 Å². The fourth-order valence-corrected chi connectivity index (χ4v) is 5.92. The number of carbonyl (C=O) groups is 3. The lowest BCUT2D eigenvalue weighted by molar-refractivity contribution is -0.146. The van der Waals surface area contributed by atoms with E-state index in [2.05, 4.69) is 31.3 Å². The van der Waals surface area contributed by atoms with E-state index in [9.17, 15) is 14.4 Å². The largest absolute Gasteiger partial charge is 0.489 e. The molecule has 0 bridgehead atoms. The molecule has 4 aromatic carbocycles. The molecule has 0 spiro atoms. The molecule has 1 fully saturated rings. The molecule has 3 amide bonds. The molecule has 1 heterocycles. The van der Waals surface area contributed by atoms with Gasteiger partial charge in [0.2, 0.25) is 17.7 Å². The summed E-state index contributed by atoms with van der Waals surface area (Å²) in [7, 11) is 1.59. The van der Waals surface area contributed by atoms with Crippen LogP contribution < -0.4 is 10.1 Å². The van der Waals surface area contributed by atoms with Crippen LogP contribution in [0.2, 0.25) is 0 Å². The van der Waals surface area contributed by atoms with Gasteiger partial charge in [0, 0.05) is 33.0 Å². The van der Waals surface area contributed by atoms with Gasteiger partial charge in [0.25, 0.3) is 0 Å². The lowest BCUT2D eigenvalue weighted by Crippen LogP contribution is -2.54. The second-order valence-electron chi connectivity index (χ2n) is 11.9. The lowest BCUT2D eigenvalue weighted by Gasteiger charge is -2.35. The fraction of sp³-hybridized carbons (Fsp3) is 0.324. The van der Waals surface area contributed by atoms with Gasteiger partial charge in [0.05, 0.1) is 0 Å². The average molecular weight is 592 g/mol. The Kier molecular flexibility index (Phi) is 9.95. The first-order valence-electron chi connectivity index (χ1n) is 15.4. The smallest absolute Gasteiger partial charge is 0.246 e. The number of hydrogen-bond donors (Lipinski definition) is 1. The zero-order chi connectivity index (χ0) is 31.1. The molecule has 2 unspecified atom stereocenters. The monoisotopic (exact) mass is 591 g/mol. The second kappa shape index (κ2) is 14.2. The molecule has 0 saturated carbocycles. The minimum absolute atomic E-state index is 0.0940. The van der Waals surface area contributed by atoms with Crippen molar-refractivity contribution in [1.29, 1.82) is 0 Å². The maximum Gasteiger partial charge on any atom is 0.246 e. The Balaban J connectivity index is 1.39. The Hall–Kier alpha value is -4.65. The van der Waals surface area contributed by atoms with Crippen molar-refractivity contribution in [1.82, 2.24) is 15.1 Å². The minimum Gasteiger partial charge on any atom is -0.489 e. The Labute approximate surface area is 259 Å². The maximum absolute atomic E-state index is 14.3. The van der Waals surface area contributed by atoms with Gasteiger partial charge in [0.15, 0.2) is 0 Å². The minimum atomic E-state index is -0.731. The van der Waals surface area contributed by atoms with Crippen LogP contribution in [-0.4, -0.2) is 53.2 Å². The number of rotatable bonds is 11. The van der Waals surface area contributed by atoms with E-state index in [1.54, 1.807) is 16.8 Å². The predicted octanol–water partition coefficient (Wildman–Crippen LogP) is 5.75. The van der Waals surface area contributed by atoms with Crippen LogP contribution in [0.4, 0.5) is 0 Å². The van der Waals surface area contributed by atoms with Crippen molar-refractivity contribution >= 4 is 28.5 Å². The third kappa shape index (κ3) is 7.46. The molecule has 2 atom stereocenters. The predicted molar refractivity (Wildman–Crippen MR) is 173 cm³/mol. The number of hydrogen-bond acceptors (Lipinski definition) is 4. The van der Waals surface area contributed by atoms with Crippen molar-refractivity contribution in [2.24, 2.45) is 5.92 Å². The molecule has 5 rings (SSSR count). The third-order valence-corrected chi connectivity index (χ3v) is 8.19. The number of amides is 3. The third-order valence-electron chi connectivity index (χ3n) is 8.19. The Morgan fingerprint density at radius 1 is 0.864 bits per heavy atom. The van der Waals surface area contributed by atoms with Crippen LogP contribution in [0.3, 0.4) is 0 Å². The second-order valence-corrected chi connectivity index (χ2v) is 11.9. The summed E-state index contributed by atoms with van der Waals surface area (Å²) >= 11 is 0. The molecule has 1 aliphatic rings. The van der Waals surface area contributed by atoms with E-state index in [-0.39, 0.29) is 43.1 Å². The van der Waals surface area contributed by atoms with Crippen molar-refractivity contribution in [3.63, 3.8) is 0 Å². The number of nitrogens with zero attached hydrogens (tertiary/aromatic N) is 2. The first-order chi connectivity index (χ1) is 21.3. The molecule has 0 aromatic heterocycles. The summed E-state index contributed by atoms with van der Waals surface area (Å²) in [4.78, 5) is 44.7. The lowest BCUT2D eigenvalue weighted by atomic mass is 9.97. The molecule has 1 aliphatic heterocycles. The van der Waals surface area contributed by atoms with E-state index >= 15 is 0 Å². The highest BCUT2D eigenvalue weighted by Crippen LogP contribution is 2.26. The van der Waals surface area contributed by atoms with Crippen LogP contribution >= 0.6 is 0 Å². The molecule has 1 saturated heterocycles. The summed E-state index contributed by atoms with van der Waals surface area (Å²) in [6.45, 7) is 5.01. The highest BCUT2D eigenvalue weighted by atomic mass is 16.5. The molecule has 228 valence electrons. The van der Waals surface area contributed by atoms with Gasteiger partial charge in [-0.3, -0.25) is 14.4 Å². The number of nitrogens with one attached hydrogen (secondary N) is 1. The van der Waals surface area contributed by atoms with Gasteiger partial charge in [-0.1, -0.05) is 98.8 Å². The van der Waals surface area contributed by atoms with Gasteiger partial charge in [-0.25, -0.2) is 0 Å².